The average molecular weight is 357 g/mol. The van der Waals surface area contributed by atoms with E-state index in [2.05, 4.69) is 20.7 Å². The van der Waals surface area contributed by atoms with E-state index in [9.17, 15) is 8.42 Å². The van der Waals surface area contributed by atoms with Crippen molar-refractivity contribution in [3.63, 3.8) is 0 Å². The van der Waals surface area contributed by atoms with Gasteiger partial charge in [-0.15, -0.1) is 0 Å². The molecule has 0 unspecified atom stereocenters. The molecule has 1 N–H and O–H groups in total. The first-order chi connectivity index (χ1) is 8.33. The minimum atomic E-state index is -3.52. The van der Waals surface area contributed by atoms with Gasteiger partial charge in [-0.1, -0.05) is 11.6 Å². The first-order valence-electron chi connectivity index (χ1n) is 5.39. The van der Waals surface area contributed by atoms with Crippen molar-refractivity contribution in [2.75, 3.05) is 13.2 Å². The monoisotopic (exact) mass is 355 g/mol. The molecule has 0 saturated carbocycles. The number of hydrogen-bond donors (Lipinski definition) is 1. The lowest BCUT2D eigenvalue weighted by molar-refractivity contribution is 0.0834. The predicted molar refractivity (Wildman–Crippen MR) is 75.4 cm³/mol. The topological polar surface area (TPSA) is 55.4 Å². The Morgan fingerprint density at radius 3 is 2.67 bits per heavy atom. The van der Waals surface area contributed by atoms with Crippen LogP contribution >= 0.6 is 27.5 Å². The summed E-state index contributed by atoms with van der Waals surface area (Å²) in [7, 11) is -3.52. The summed E-state index contributed by atoms with van der Waals surface area (Å²) in [5, 5.41) is 0.470. The summed E-state index contributed by atoms with van der Waals surface area (Å²) in [5.74, 6) is 0. The van der Waals surface area contributed by atoms with Crippen LogP contribution in [0.5, 0.6) is 0 Å². The number of ether oxygens (including phenoxy) is 1. The molecule has 1 aromatic rings. The Bertz CT molecular complexity index is 505. The van der Waals surface area contributed by atoms with Crippen molar-refractivity contribution in [3.8, 4) is 0 Å². The molecule has 0 aromatic heterocycles. The van der Waals surface area contributed by atoms with Gasteiger partial charge in [-0.2, -0.15) is 0 Å². The van der Waals surface area contributed by atoms with Crippen molar-refractivity contribution in [2.24, 2.45) is 0 Å². The fourth-order valence-electron chi connectivity index (χ4n) is 1.20. The van der Waals surface area contributed by atoms with Crippen molar-refractivity contribution in [1.29, 1.82) is 0 Å². The lowest BCUT2D eigenvalue weighted by Crippen LogP contribution is -2.28. The molecule has 0 aliphatic carbocycles. The number of sulfonamides is 1. The fraction of sp³-hybridized carbons (Fsp3) is 0.455. The molecule has 0 bridgehead atoms. The van der Waals surface area contributed by atoms with Crippen molar-refractivity contribution < 1.29 is 13.2 Å². The highest BCUT2D eigenvalue weighted by Gasteiger charge is 2.14. The van der Waals surface area contributed by atoms with Crippen LogP contribution in [0.25, 0.3) is 0 Å². The SMILES string of the molecule is CC(C)OCCNS(=O)(=O)c1ccc(Cl)c(Br)c1. The highest BCUT2D eigenvalue weighted by atomic mass is 79.9. The minimum absolute atomic E-state index is 0.0826. The summed E-state index contributed by atoms with van der Waals surface area (Å²) >= 11 is 9.00. The second-order valence-corrected chi connectivity index (χ2v) is 6.92. The van der Waals surface area contributed by atoms with Crippen molar-refractivity contribution in [2.45, 2.75) is 24.8 Å². The van der Waals surface area contributed by atoms with Crippen LogP contribution in [0.1, 0.15) is 13.8 Å². The zero-order valence-electron chi connectivity index (χ0n) is 10.1. The molecule has 18 heavy (non-hydrogen) atoms. The molecule has 0 amide bonds. The van der Waals surface area contributed by atoms with Gasteiger partial charge >= 0.3 is 0 Å². The molecular formula is C11H15BrClNO3S. The van der Waals surface area contributed by atoms with Crippen molar-refractivity contribution in [1.82, 2.24) is 4.72 Å². The molecule has 0 saturated heterocycles. The van der Waals surface area contributed by atoms with Crippen LogP contribution in [0, 0.1) is 0 Å². The molecule has 7 heteroatoms. The van der Waals surface area contributed by atoms with E-state index >= 15 is 0 Å². The molecule has 0 aliphatic rings. The van der Waals surface area contributed by atoms with Gasteiger partial charge in [0.1, 0.15) is 0 Å². The maximum absolute atomic E-state index is 11.9. The molecule has 0 spiro atoms. The lowest BCUT2D eigenvalue weighted by atomic mass is 10.4. The smallest absolute Gasteiger partial charge is 0.240 e. The third kappa shape index (κ3) is 4.85. The number of rotatable bonds is 6. The molecular weight excluding hydrogens is 342 g/mol. The molecule has 1 rings (SSSR count). The van der Waals surface area contributed by atoms with Gasteiger partial charge in [-0.05, 0) is 48.0 Å². The van der Waals surface area contributed by atoms with E-state index in [1.165, 1.54) is 18.2 Å². The molecule has 0 radical (unpaired) electrons. The van der Waals surface area contributed by atoms with E-state index in [1.807, 2.05) is 13.8 Å². The summed E-state index contributed by atoms with van der Waals surface area (Å²) in [6, 6.07) is 4.46. The molecule has 0 aliphatic heterocycles. The highest BCUT2D eigenvalue weighted by Crippen LogP contribution is 2.25. The lowest BCUT2D eigenvalue weighted by Gasteiger charge is -2.09. The quantitative estimate of drug-likeness (QED) is 0.797. The van der Waals surface area contributed by atoms with Crippen molar-refractivity contribution in [3.05, 3.63) is 27.7 Å². The van der Waals surface area contributed by atoms with Gasteiger partial charge in [0, 0.05) is 11.0 Å². The number of hydrogen-bond acceptors (Lipinski definition) is 3. The van der Waals surface area contributed by atoms with E-state index in [0.29, 0.717) is 16.1 Å². The molecule has 4 nitrogen and oxygen atoms in total. The summed E-state index contributed by atoms with van der Waals surface area (Å²) < 4.78 is 32.1. The zero-order valence-corrected chi connectivity index (χ0v) is 13.3. The van der Waals surface area contributed by atoms with E-state index in [-0.39, 0.29) is 17.5 Å². The Labute approximate surface area is 121 Å². The summed E-state index contributed by atoms with van der Waals surface area (Å²) in [6.07, 6.45) is 0.0826. The first-order valence-corrected chi connectivity index (χ1v) is 8.04. The summed E-state index contributed by atoms with van der Waals surface area (Å²) in [6.45, 7) is 4.36. The van der Waals surface area contributed by atoms with Crippen LogP contribution in [0.15, 0.2) is 27.6 Å². The Hall–Kier alpha value is -0.140. The standard InChI is InChI=1S/C11H15BrClNO3S/c1-8(2)17-6-5-14-18(15,16)9-3-4-11(13)10(12)7-9/h3-4,7-8,14H,5-6H2,1-2H3. The van der Waals surface area contributed by atoms with Crippen molar-refractivity contribution >= 4 is 37.6 Å². The predicted octanol–water partition coefficient (Wildman–Crippen LogP) is 2.81. The van der Waals surface area contributed by atoms with Crippen LogP contribution in [-0.4, -0.2) is 27.7 Å². The first kappa shape index (κ1) is 15.9. The van der Waals surface area contributed by atoms with E-state index in [0.717, 1.165) is 0 Å². The number of nitrogens with one attached hydrogen (secondary N) is 1. The van der Waals surface area contributed by atoms with Gasteiger partial charge in [-0.3, -0.25) is 0 Å². The maximum atomic E-state index is 11.9. The third-order valence-corrected chi connectivity index (χ3v) is 4.72. The van der Waals surface area contributed by atoms with Crippen LogP contribution < -0.4 is 4.72 Å². The molecule has 0 atom stereocenters. The second-order valence-electron chi connectivity index (χ2n) is 3.89. The van der Waals surface area contributed by atoms with Crippen LogP contribution in [0.3, 0.4) is 0 Å². The van der Waals surface area contributed by atoms with Gasteiger partial charge in [0.25, 0.3) is 0 Å². The molecule has 0 heterocycles. The van der Waals surface area contributed by atoms with E-state index < -0.39 is 10.0 Å². The van der Waals surface area contributed by atoms with Gasteiger partial charge in [-0.25, -0.2) is 13.1 Å². The molecule has 0 fully saturated rings. The fourth-order valence-corrected chi connectivity index (χ4v) is 2.88. The van der Waals surface area contributed by atoms with Crippen LogP contribution in [0.4, 0.5) is 0 Å². The van der Waals surface area contributed by atoms with Gasteiger partial charge < -0.3 is 4.74 Å². The van der Waals surface area contributed by atoms with Gasteiger partial charge in [0.2, 0.25) is 10.0 Å². The van der Waals surface area contributed by atoms with Gasteiger partial charge in [0.05, 0.1) is 22.6 Å². The van der Waals surface area contributed by atoms with E-state index in [1.54, 1.807) is 0 Å². The van der Waals surface area contributed by atoms with Crippen LogP contribution in [-0.2, 0) is 14.8 Å². The third-order valence-electron chi connectivity index (χ3n) is 2.05. The highest BCUT2D eigenvalue weighted by molar-refractivity contribution is 9.10. The Morgan fingerprint density at radius 2 is 2.11 bits per heavy atom. The largest absolute Gasteiger partial charge is 0.377 e. The van der Waals surface area contributed by atoms with E-state index in [4.69, 9.17) is 16.3 Å². The average Bonchev–Trinajstić information content (AvgIpc) is 2.28. The normalized spacial score (nSPS) is 12.1. The van der Waals surface area contributed by atoms with Gasteiger partial charge in [0.15, 0.2) is 0 Å². The second kappa shape index (κ2) is 6.86. The Kier molecular flexibility index (Phi) is 6.07. The zero-order chi connectivity index (χ0) is 13.8. The number of benzene rings is 1. The Morgan fingerprint density at radius 1 is 1.44 bits per heavy atom. The number of halogens is 2. The summed E-state index contributed by atoms with van der Waals surface area (Å²) in [4.78, 5) is 0.170. The maximum Gasteiger partial charge on any atom is 0.240 e. The molecule has 1 aromatic carbocycles. The summed E-state index contributed by atoms with van der Waals surface area (Å²) in [5.41, 5.74) is 0. The minimum Gasteiger partial charge on any atom is -0.377 e. The van der Waals surface area contributed by atoms with Crippen LogP contribution in [0.2, 0.25) is 5.02 Å². The molecule has 102 valence electrons. The Balaban J connectivity index is 2.66.